The van der Waals surface area contributed by atoms with E-state index in [1.54, 1.807) is 24.3 Å². The molecule has 1 unspecified atom stereocenters. The largest absolute Gasteiger partial charge is 0.390 e. The lowest BCUT2D eigenvalue weighted by atomic mass is 10.1. The van der Waals surface area contributed by atoms with E-state index in [0.29, 0.717) is 11.1 Å². The smallest absolute Gasteiger partial charge is 0.261 e. The number of hydrogen-bond acceptors (Lipinski definition) is 3. The number of aliphatic hydroxyl groups is 1. The first-order chi connectivity index (χ1) is 8.15. The van der Waals surface area contributed by atoms with E-state index in [9.17, 15) is 14.7 Å². The number of benzene rings is 1. The van der Waals surface area contributed by atoms with Crippen LogP contribution in [0.1, 0.15) is 27.1 Å². The number of imide groups is 1. The molecule has 4 nitrogen and oxygen atoms in total. The number of hydrogen-bond donors (Lipinski definition) is 1. The summed E-state index contributed by atoms with van der Waals surface area (Å²) in [5, 5.41) is 9.54. The number of carbonyl (C=O) groups is 2. The van der Waals surface area contributed by atoms with Gasteiger partial charge in [-0.15, -0.1) is 12.3 Å². The second kappa shape index (κ2) is 4.40. The van der Waals surface area contributed by atoms with Crippen molar-refractivity contribution in [3.05, 3.63) is 35.4 Å². The van der Waals surface area contributed by atoms with Crippen LogP contribution in [0, 0.1) is 12.3 Å². The number of nitrogens with zero attached hydrogens (tertiary/aromatic N) is 1. The van der Waals surface area contributed by atoms with Crippen LogP contribution >= 0.6 is 0 Å². The molecule has 2 rings (SSSR count). The van der Waals surface area contributed by atoms with Gasteiger partial charge in [-0.3, -0.25) is 14.5 Å². The molecule has 0 aromatic heterocycles. The Morgan fingerprint density at radius 1 is 1.24 bits per heavy atom. The number of terminal acetylenes is 1. The van der Waals surface area contributed by atoms with Crippen molar-refractivity contribution in [1.82, 2.24) is 4.90 Å². The monoisotopic (exact) mass is 229 g/mol. The summed E-state index contributed by atoms with van der Waals surface area (Å²) in [6, 6.07) is 6.60. The van der Waals surface area contributed by atoms with E-state index >= 15 is 0 Å². The minimum atomic E-state index is -0.873. The third-order valence-electron chi connectivity index (χ3n) is 2.62. The standard InChI is InChI=1S/C13H11NO3/c1-2-5-9(15)8-14-12(16)10-6-3-4-7-11(10)13(14)17/h1,3-4,6-7,9,15H,5,8H2. The van der Waals surface area contributed by atoms with E-state index in [1.807, 2.05) is 0 Å². The van der Waals surface area contributed by atoms with Crippen LogP contribution in [0.4, 0.5) is 0 Å². The van der Waals surface area contributed by atoms with Crippen molar-refractivity contribution in [2.75, 3.05) is 6.54 Å². The Morgan fingerprint density at radius 3 is 2.24 bits per heavy atom. The predicted octanol–water partition coefficient (Wildman–Crippen LogP) is 0.667. The van der Waals surface area contributed by atoms with Gasteiger partial charge in [0.2, 0.25) is 0 Å². The molecule has 1 aromatic rings. The molecule has 17 heavy (non-hydrogen) atoms. The molecule has 0 saturated heterocycles. The molecule has 1 N–H and O–H groups in total. The summed E-state index contributed by atoms with van der Waals surface area (Å²) < 4.78 is 0. The lowest BCUT2D eigenvalue weighted by molar-refractivity contribution is 0.0549. The number of aliphatic hydroxyl groups excluding tert-OH is 1. The number of rotatable bonds is 3. The molecule has 1 heterocycles. The van der Waals surface area contributed by atoms with Crippen molar-refractivity contribution in [2.24, 2.45) is 0 Å². The summed E-state index contributed by atoms with van der Waals surface area (Å²) in [6.45, 7) is -0.0590. The minimum Gasteiger partial charge on any atom is -0.390 e. The zero-order chi connectivity index (χ0) is 12.4. The fourth-order valence-electron chi connectivity index (χ4n) is 1.82. The summed E-state index contributed by atoms with van der Waals surface area (Å²) in [4.78, 5) is 24.8. The molecule has 2 amide bonds. The molecule has 0 fully saturated rings. The maximum absolute atomic E-state index is 11.9. The number of amides is 2. The average molecular weight is 229 g/mol. The third-order valence-corrected chi connectivity index (χ3v) is 2.62. The lowest BCUT2D eigenvalue weighted by Gasteiger charge is -2.16. The van der Waals surface area contributed by atoms with Gasteiger partial charge in [-0.1, -0.05) is 12.1 Å². The van der Waals surface area contributed by atoms with E-state index in [2.05, 4.69) is 5.92 Å². The highest BCUT2D eigenvalue weighted by molar-refractivity contribution is 6.21. The van der Waals surface area contributed by atoms with Crippen molar-refractivity contribution in [3.63, 3.8) is 0 Å². The Kier molecular flexibility index (Phi) is 2.94. The van der Waals surface area contributed by atoms with Crippen molar-refractivity contribution in [3.8, 4) is 12.3 Å². The molecular formula is C13H11NO3. The first kappa shape index (κ1) is 11.4. The first-order valence-corrected chi connectivity index (χ1v) is 5.22. The first-order valence-electron chi connectivity index (χ1n) is 5.22. The van der Waals surface area contributed by atoms with Crippen molar-refractivity contribution in [2.45, 2.75) is 12.5 Å². The second-order valence-corrected chi connectivity index (χ2v) is 3.83. The van der Waals surface area contributed by atoms with Crippen LogP contribution in [0.5, 0.6) is 0 Å². The lowest BCUT2D eigenvalue weighted by Crippen LogP contribution is -2.36. The maximum atomic E-state index is 11.9. The van der Waals surface area contributed by atoms with Gasteiger partial charge in [0, 0.05) is 6.42 Å². The molecule has 0 radical (unpaired) electrons. The van der Waals surface area contributed by atoms with E-state index in [4.69, 9.17) is 6.42 Å². The predicted molar refractivity (Wildman–Crippen MR) is 61.3 cm³/mol. The zero-order valence-electron chi connectivity index (χ0n) is 9.09. The summed E-state index contributed by atoms with van der Waals surface area (Å²) in [5.41, 5.74) is 0.760. The molecule has 0 spiro atoms. The molecule has 1 atom stereocenters. The topological polar surface area (TPSA) is 57.6 Å². The van der Waals surface area contributed by atoms with Gasteiger partial charge in [-0.2, -0.15) is 0 Å². The van der Waals surface area contributed by atoms with Crippen molar-refractivity contribution in [1.29, 1.82) is 0 Å². The van der Waals surface area contributed by atoms with Gasteiger partial charge >= 0.3 is 0 Å². The summed E-state index contributed by atoms with van der Waals surface area (Å²) in [6.07, 6.45) is 4.30. The molecule has 0 bridgehead atoms. The van der Waals surface area contributed by atoms with Crippen LogP contribution in [0.2, 0.25) is 0 Å². The molecule has 1 aliphatic rings. The number of β-amino-alcohol motifs (C(OH)–C–C–N with tert-alkyl or cyclic N) is 1. The van der Waals surface area contributed by atoms with Crippen LogP contribution in [0.25, 0.3) is 0 Å². The molecule has 86 valence electrons. The van der Waals surface area contributed by atoms with E-state index in [0.717, 1.165) is 4.90 Å². The SMILES string of the molecule is C#CCC(O)CN1C(=O)c2ccccc2C1=O. The van der Waals surface area contributed by atoms with Crippen LogP contribution in [0.3, 0.4) is 0 Å². The normalized spacial score (nSPS) is 15.6. The van der Waals surface area contributed by atoms with Crippen LogP contribution < -0.4 is 0 Å². The van der Waals surface area contributed by atoms with Crippen LogP contribution in [-0.4, -0.2) is 34.5 Å². The van der Waals surface area contributed by atoms with Crippen molar-refractivity contribution < 1.29 is 14.7 Å². The average Bonchev–Trinajstić information content (AvgIpc) is 2.56. The molecule has 4 heteroatoms. The molecule has 0 saturated carbocycles. The maximum Gasteiger partial charge on any atom is 0.261 e. The highest BCUT2D eigenvalue weighted by Crippen LogP contribution is 2.22. The Hall–Kier alpha value is -2.12. The quantitative estimate of drug-likeness (QED) is 0.612. The third kappa shape index (κ3) is 1.93. The van der Waals surface area contributed by atoms with Gasteiger partial charge in [0.05, 0.1) is 23.8 Å². The molecule has 1 aliphatic heterocycles. The highest BCUT2D eigenvalue weighted by Gasteiger charge is 2.35. The van der Waals surface area contributed by atoms with Crippen LogP contribution in [-0.2, 0) is 0 Å². The van der Waals surface area contributed by atoms with E-state index in [1.165, 1.54) is 0 Å². The minimum absolute atomic E-state index is 0.0590. The molecule has 0 aliphatic carbocycles. The molecular weight excluding hydrogens is 218 g/mol. The second-order valence-electron chi connectivity index (χ2n) is 3.83. The Morgan fingerprint density at radius 2 is 1.76 bits per heavy atom. The van der Waals surface area contributed by atoms with E-state index < -0.39 is 6.10 Å². The number of carbonyl (C=O) groups excluding carboxylic acids is 2. The Bertz CT molecular complexity index is 481. The Balaban J connectivity index is 2.22. The summed E-state index contributed by atoms with van der Waals surface area (Å²) in [5.74, 6) is 1.55. The Labute approximate surface area is 98.9 Å². The van der Waals surface area contributed by atoms with Gasteiger partial charge < -0.3 is 5.11 Å². The van der Waals surface area contributed by atoms with E-state index in [-0.39, 0.29) is 24.8 Å². The highest BCUT2D eigenvalue weighted by atomic mass is 16.3. The number of fused-ring (bicyclic) bond motifs is 1. The molecule has 1 aromatic carbocycles. The van der Waals surface area contributed by atoms with Crippen LogP contribution in [0.15, 0.2) is 24.3 Å². The van der Waals surface area contributed by atoms with Gasteiger partial charge in [0.25, 0.3) is 11.8 Å². The fraction of sp³-hybridized carbons (Fsp3) is 0.231. The zero-order valence-corrected chi connectivity index (χ0v) is 9.09. The van der Waals surface area contributed by atoms with Gasteiger partial charge in [-0.25, -0.2) is 0 Å². The summed E-state index contributed by atoms with van der Waals surface area (Å²) >= 11 is 0. The van der Waals surface area contributed by atoms with Gasteiger partial charge in [0.15, 0.2) is 0 Å². The van der Waals surface area contributed by atoms with Gasteiger partial charge in [-0.05, 0) is 12.1 Å². The van der Waals surface area contributed by atoms with Gasteiger partial charge in [0.1, 0.15) is 0 Å². The van der Waals surface area contributed by atoms with Crippen molar-refractivity contribution >= 4 is 11.8 Å². The summed E-state index contributed by atoms with van der Waals surface area (Å²) in [7, 11) is 0. The fourth-order valence-corrected chi connectivity index (χ4v) is 1.82.